The van der Waals surface area contributed by atoms with Crippen LogP contribution in [0.3, 0.4) is 0 Å². The Kier molecular flexibility index (Phi) is 5.42. The number of carbonyl (C=O) groups is 1. The van der Waals surface area contributed by atoms with Gasteiger partial charge in [-0.1, -0.05) is 11.6 Å². The number of pyridine rings is 1. The molecule has 1 N–H and O–H groups in total. The van der Waals surface area contributed by atoms with Crippen molar-refractivity contribution in [2.45, 2.75) is 12.8 Å². The summed E-state index contributed by atoms with van der Waals surface area (Å²) in [4.78, 5) is 20.8. The molecule has 116 valence electrons. The van der Waals surface area contributed by atoms with Crippen LogP contribution in [0.25, 0.3) is 0 Å². The zero-order valence-corrected chi connectivity index (χ0v) is 13.7. The number of nitrogens with zero attached hydrogens (tertiary/aromatic N) is 3. The van der Waals surface area contributed by atoms with E-state index in [0.717, 1.165) is 32.5 Å². The molecule has 1 saturated heterocycles. The first-order chi connectivity index (χ1) is 9.99. The number of piperidine rings is 1. The maximum atomic E-state index is 12.6. The van der Waals surface area contributed by atoms with Crippen LogP contribution in [0.2, 0.25) is 5.15 Å². The van der Waals surface area contributed by atoms with Crippen LogP contribution in [0.5, 0.6) is 0 Å². The van der Waals surface area contributed by atoms with Crippen molar-refractivity contribution in [1.82, 2.24) is 14.8 Å². The smallest absolute Gasteiger partial charge is 0.254 e. The van der Waals surface area contributed by atoms with Crippen molar-refractivity contribution >= 4 is 23.3 Å². The summed E-state index contributed by atoms with van der Waals surface area (Å²) in [6.45, 7) is 2.71. The van der Waals surface area contributed by atoms with Gasteiger partial charge in [-0.15, -0.1) is 0 Å². The Hall–Kier alpha value is -1.33. The molecule has 21 heavy (non-hydrogen) atoms. The molecular formula is C15H23ClN4O. The molecule has 0 aliphatic carbocycles. The monoisotopic (exact) mass is 310 g/mol. The number of anilines is 1. The molecule has 1 fully saturated rings. The summed E-state index contributed by atoms with van der Waals surface area (Å²) in [6.07, 6.45) is 2.11. The summed E-state index contributed by atoms with van der Waals surface area (Å²) in [5, 5.41) is 3.26. The SMILES string of the molecule is CNc1cc(C(=O)N2CCC(CN(C)C)CC2)cc(Cl)n1. The third kappa shape index (κ3) is 4.32. The quantitative estimate of drug-likeness (QED) is 0.866. The van der Waals surface area contributed by atoms with Crippen molar-refractivity contribution in [3.63, 3.8) is 0 Å². The summed E-state index contributed by atoms with van der Waals surface area (Å²) >= 11 is 5.96. The molecule has 2 rings (SSSR count). The van der Waals surface area contributed by atoms with Gasteiger partial charge < -0.3 is 15.1 Å². The van der Waals surface area contributed by atoms with Crippen LogP contribution in [0.4, 0.5) is 5.82 Å². The summed E-state index contributed by atoms with van der Waals surface area (Å²) in [7, 11) is 5.95. The lowest BCUT2D eigenvalue weighted by Gasteiger charge is -2.33. The Morgan fingerprint density at radius 3 is 2.67 bits per heavy atom. The fourth-order valence-electron chi connectivity index (χ4n) is 2.77. The van der Waals surface area contributed by atoms with Gasteiger partial charge in [0.1, 0.15) is 11.0 Å². The lowest BCUT2D eigenvalue weighted by Crippen LogP contribution is -2.40. The Balaban J connectivity index is 2.00. The van der Waals surface area contributed by atoms with Crippen molar-refractivity contribution in [3.8, 4) is 0 Å². The number of likely N-dealkylation sites (tertiary alicyclic amines) is 1. The maximum Gasteiger partial charge on any atom is 0.254 e. The van der Waals surface area contributed by atoms with Gasteiger partial charge in [0.15, 0.2) is 0 Å². The first kappa shape index (κ1) is 16.0. The topological polar surface area (TPSA) is 48.5 Å². The number of amides is 1. The van der Waals surface area contributed by atoms with Gasteiger partial charge in [0.2, 0.25) is 0 Å². The van der Waals surface area contributed by atoms with E-state index in [9.17, 15) is 4.79 Å². The van der Waals surface area contributed by atoms with Crippen LogP contribution in [-0.2, 0) is 0 Å². The highest BCUT2D eigenvalue weighted by atomic mass is 35.5. The summed E-state index contributed by atoms with van der Waals surface area (Å²) < 4.78 is 0. The van der Waals surface area contributed by atoms with E-state index in [1.54, 1.807) is 19.2 Å². The Morgan fingerprint density at radius 1 is 1.43 bits per heavy atom. The second-order valence-electron chi connectivity index (χ2n) is 5.81. The molecule has 0 unspecified atom stereocenters. The minimum absolute atomic E-state index is 0.0408. The standard InChI is InChI=1S/C15H23ClN4O/c1-17-14-9-12(8-13(16)18-14)15(21)20-6-4-11(5-7-20)10-19(2)3/h8-9,11H,4-7,10H2,1-3H3,(H,17,18). The first-order valence-corrected chi connectivity index (χ1v) is 7.66. The Morgan fingerprint density at radius 2 is 2.10 bits per heavy atom. The molecule has 1 amide bonds. The molecule has 0 spiro atoms. The summed E-state index contributed by atoms with van der Waals surface area (Å²) in [5.41, 5.74) is 0.602. The number of carbonyl (C=O) groups excluding carboxylic acids is 1. The number of rotatable bonds is 4. The average molecular weight is 311 g/mol. The molecule has 1 aliphatic heterocycles. The molecule has 1 aliphatic rings. The second-order valence-corrected chi connectivity index (χ2v) is 6.20. The van der Waals surface area contributed by atoms with Crippen molar-refractivity contribution in [3.05, 3.63) is 22.8 Å². The van der Waals surface area contributed by atoms with Gasteiger partial charge in [-0.3, -0.25) is 4.79 Å². The molecule has 1 aromatic rings. The van der Waals surface area contributed by atoms with Gasteiger partial charge in [-0.25, -0.2) is 4.98 Å². The third-order valence-corrected chi connectivity index (χ3v) is 4.02. The highest BCUT2D eigenvalue weighted by Crippen LogP contribution is 2.21. The minimum atomic E-state index is 0.0408. The van der Waals surface area contributed by atoms with Crippen molar-refractivity contribution in [2.24, 2.45) is 5.92 Å². The zero-order valence-electron chi connectivity index (χ0n) is 12.9. The van der Waals surface area contributed by atoms with Gasteiger partial charge in [0.25, 0.3) is 5.91 Å². The van der Waals surface area contributed by atoms with E-state index in [1.165, 1.54) is 0 Å². The fourth-order valence-corrected chi connectivity index (χ4v) is 2.97. The largest absolute Gasteiger partial charge is 0.373 e. The Labute approximate surface area is 131 Å². The molecular weight excluding hydrogens is 288 g/mol. The van der Waals surface area contributed by atoms with E-state index in [-0.39, 0.29) is 5.91 Å². The van der Waals surface area contributed by atoms with Crippen molar-refractivity contribution < 1.29 is 4.79 Å². The van der Waals surface area contributed by atoms with Crippen LogP contribution in [0.15, 0.2) is 12.1 Å². The maximum absolute atomic E-state index is 12.6. The zero-order chi connectivity index (χ0) is 15.4. The molecule has 0 aromatic carbocycles. The minimum Gasteiger partial charge on any atom is -0.373 e. The number of halogens is 1. The van der Waals surface area contributed by atoms with E-state index < -0.39 is 0 Å². The highest BCUT2D eigenvalue weighted by molar-refractivity contribution is 6.29. The van der Waals surface area contributed by atoms with Crippen molar-refractivity contribution in [1.29, 1.82) is 0 Å². The van der Waals surface area contributed by atoms with Crippen molar-refractivity contribution in [2.75, 3.05) is 46.1 Å². The van der Waals surface area contributed by atoms with Gasteiger partial charge in [0, 0.05) is 32.2 Å². The molecule has 6 heteroatoms. The van der Waals surface area contributed by atoms with Gasteiger partial charge in [-0.2, -0.15) is 0 Å². The number of nitrogens with one attached hydrogen (secondary N) is 1. The molecule has 0 atom stereocenters. The van der Waals surface area contributed by atoms with Crippen LogP contribution >= 0.6 is 11.6 Å². The number of hydrogen-bond acceptors (Lipinski definition) is 4. The van der Waals surface area contributed by atoms with E-state index >= 15 is 0 Å². The predicted molar refractivity (Wildman–Crippen MR) is 86.0 cm³/mol. The predicted octanol–water partition coefficient (Wildman–Crippen LogP) is 2.19. The molecule has 0 radical (unpaired) electrons. The average Bonchev–Trinajstić information content (AvgIpc) is 2.46. The van der Waals surface area contributed by atoms with Crippen LogP contribution < -0.4 is 5.32 Å². The lowest BCUT2D eigenvalue weighted by molar-refractivity contribution is 0.0678. The number of hydrogen-bond donors (Lipinski definition) is 1. The molecule has 2 heterocycles. The van der Waals surface area contributed by atoms with Gasteiger partial charge in [-0.05, 0) is 45.0 Å². The van der Waals surface area contributed by atoms with Crippen LogP contribution in [-0.4, -0.2) is 61.5 Å². The Bertz CT molecular complexity index is 498. The lowest BCUT2D eigenvalue weighted by atomic mass is 9.96. The van der Waals surface area contributed by atoms with E-state index in [1.807, 2.05) is 4.90 Å². The fraction of sp³-hybridized carbons (Fsp3) is 0.600. The molecule has 5 nitrogen and oxygen atoms in total. The normalized spacial score (nSPS) is 16.3. The molecule has 1 aromatic heterocycles. The number of aromatic nitrogens is 1. The highest BCUT2D eigenvalue weighted by Gasteiger charge is 2.24. The molecule has 0 bridgehead atoms. The van der Waals surface area contributed by atoms with Crippen LogP contribution in [0.1, 0.15) is 23.2 Å². The van der Waals surface area contributed by atoms with E-state index in [4.69, 9.17) is 11.6 Å². The first-order valence-electron chi connectivity index (χ1n) is 7.29. The summed E-state index contributed by atoms with van der Waals surface area (Å²) in [6, 6.07) is 3.39. The van der Waals surface area contributed by atoms with Gasteiger partial charge in [0.05, 0.1) is 0 Å². The van der Waals surface area contributed by atoms with E-state index in [2.05, 4.69) is 29.3 Å². The second kappa shape index (κ2) is 7.09. The summed E-state index contributed by atoms with van der Waals surface area (Å²) in [5.74, 6) is 1.34. The van der Waals surface area contributed by atoms with E-state index in [0.29, 0.717) is 22.5 Å². The van der Waals surface area contributed by atoms with Crippen LogP contribution in [0, 0.1) is 5.92 Å². The molecule has 0 saturated carbocycles. The van der Waals surface area contributed by atoms with Gasteiger partial charge >= 0.3 is 0 Å². The third-order valence-electron chi connectivity index (χ3n) is 3.82.